The fraction of sp³-hybridized carbons (Fsp3) is 0.0833. The fourth-order valence-corrected chi connectivity index (χ4v) is 2.90. The van der Waals surface area contributed by atoms with Gasteiger partial charge in [-0.3, -0.25) is 9.59 Å². The summed E-state index contributed by atoms with van der Waals surface area (Å²) in [4.78, 5) is 25.7. The van der Waals surface area contributed by atoms with E-state index >= 15 is 0 Å². The summed E-state index contributed by atoms with van der Waals surface area (Å²) in [7, 11) is 1.53. The van der Waals surface area contributed by atoms with Crippen LogP contribution in [0.5, 0.6) is 5.75 Å². The normalized spacial score (nSPS) is 10.2. The first-order valence-electron chi connectivity index (χ1n) is 9.37. The van der Waals surface area contributed by atoms with Gasteiger partial charge in [0.2, 0.25) is 0 Å². The van der Waals surface area contributed by atoms with Crippen LogP contribution in [0.1, 0.15) is 11.1 Å². The lowest BCUT2D eigenvalue weighted by Gasteiger charge is -2.12. The fourth-order valence-electron chi connectivity index (χ4n) is 2.90. The van der Waals surface area contributed by atoms with Crippen LogP contribution < -0.4 is 15.4 Å². The quantitative estimate of drug-likeness (QED) is 0.336. The zero-order valence-electron chi connectivity index (χ0n) is 16.9. The average Bonchev–Trinajstić information content (AvgIpc) is 2.75. The van der Waals surface area contributed by atoms with Crippen molar-refractivity contribution in [3.8, 4) is 5.75 Å². The number of benzene rings is 3. The number of hydrogen-bond donors (Lipinski definition) is 2. The van der Waals surface area contributed by atoms with Crippen LogP contribution >= 0.6 is 0 Å². The molecule has 3 aromatic rings. The van der Waals surface area contributed by atoms with E-state index in [1.807, 2.05) is 6.92 Å². The minimum absolute atomic E-state index is 0.0806. The average molecular weight is 422 g/mol. The van der Waals surface area contributed by atoms with E-state index in [9.17, 15) is 18.4 Å². The summed E-state index contributed by atoms with van der Waals surface area (Å²) in [5, 5.41) is 4.78. The number of nitrogens with one attached hydrogen (secondary N) is 2. The number of rotatable bonds is 6. The summed E-state index contributed by atoms with van der Waals surface area (Å²) in [5.74, 6) is -2.33. The highest BCUT2D eigenvalue weighted by Crippen LogP contribution is 2.22. The summed E-state index contributed by atoms with van der Waals surface area (Å²) in [6.45, 7) is 1.81. The maximum Gasteiger partial charge on any atom is 0.261 e. The molecule has 0 atom stereocenters. The maximum atomic E-state index is 14.0. The van der Waals surface area contributed by atoms with Crippen molar-refractivity contribution >= 4 is 29.3 Å². The van der Waals surface area contributed by atoms with Crippen molar-refractivity contribution in [3.63, 3.8) is 0 Å². The predicted molar refractivity (Wildman–Crippen MR) is 116 cm³/mol. The van der Waals surface area contributed by atoms with Gasteiger partial charge in [-0.15, -0.1) is 0 Å². The largest absolute Gasteiger partial charge is 0.496 e. The predicted octanol–water partition coefficient (Wildman–Crippen LogP) is 4.94. The van der Waals surface area contributed by atoms with Crippen LogP contribution in [0, 0.1) is 18.6 Å². The van der Waals surface area contributed by atoms with Gasteiger partial charge in [0, 0.05) is 0 Å². The molecule has 31 heavy (non-hydrogen) atoms. The minimum Gasteiger partial charge on any atom is -0.496 e. The van der Waals surface area contributed by atoms with Gasteiger partial charge in [-0.2, -0.15) is 0 Å². The molecule has 0 aliphatic carbocycles. The summed E-state index contributed by atoms with van der Waals surface area (Å²) < 4.78 is 33.2. The number of anilines is 2. The van der Waals surface area contributed by atoms with Gasteiger partial charge in [0.05, 0.1) is 18.5 Å². The van der Waals surface area contributed by atoms with Crippen molar-refractivity contribution in [1.82, 2.24) is 0 Å². The molecule has 0 radical (unpaired) electrons. The molecule has 5 nitrogen and oxygen atoms in total. The number of aryl methyl sites for hydroxylation is 1. The number of amides is 2. The summed E-state index contributed by atoms with van der Waals surface area (Å²) in [5.41, 5.74) is 0.849. The number of methoxy groups -OCH3 is 1. The third-order valence-electron chi connectivity index (χ3n) is 4.46. The molecule has 7 heteroatoms. The Balaban J connectivity index is 1.97. The Morgan fingerprint density at radius 2 is 1.35 bits per heavy atom. The van der Waals surface area contributed by atoms with Gasteiger partial charge < -0.3 is 15.4 Å². The van der Waals surface area contributed by atoms with Crippen molar-refractivity contribution in [2.24, 2.45) is 0 Å². The molecule has 2 N–H and O–H groups in total. The summed E-state index contributed by atoms with van der Waals surface area (Å²) in [6.07, 6.45) is 1.35. The van der Waals surface area contributed by atoms with Gasteiger partial charge in [0.25, 0.3) is 11.8 Å². The number of ether oxygens (including phenoxy) is 1. The number of hydrogen-bond acceptors (Lipinski definition) is 3. The molecule has 0 saturated heterocycles. The van der Waals surface area contributed by atoms with Crippen LogP contribution in [0.25, 0.3) is 6.08 Å². The lowest BCUT2D eigenvalue weighted by Crippen LogP contribution is -2.26. The van der Waals surface area contributed by atoms with Gasteiger partial charge in [-0.25, -0.2) is 8.78 Å². The Labute approximate surface area is 178 Å². The highest BCUT2D eigenvalue weighted by Gasteiger charge is 2.21. The standard InChI is InChI=1S/C24H20F2N2O3/c1-15-13-16(11-12-22(15)31-2)14-17(23(29)27-20-9-5-3-7-18(20)25)24(30)28-21-10-6-4-8-19(21)26/h3-14H,1-2H3,(H,27,29)(H,28,30). The first kappa shape index (κ1) is 21.7. The highest BCUT2D eigenvalue weighted by molar-refractivity contribution is 6.28. The topological polar surface area (TPSA) is 67.4 Å². The molecule has 0 bridgehead atoms. The second-order valence-corrected chi connectivity index (χ2v) is 6.66. The summed E-state index contributed by atoms with van der Waals surface area (Å²) >= 11 is 0. The zero-order valence-corrected chi connectivity index (χ0v) is 16.9. The van der Waals surface area contributed by atoms with E-state index in [4.69, 9.17) is 4.74 Å². The highest BCUT2D eigenvalue weighted by atomic mass is 19.1. The Hall–Kier alpha value is -4.00. The molecule has 3 aromatic carbocycles. The monoisotopic (exact) mass is 422 g/mol. The van der Waals surface area contributed by atoms with Crippen molar-refractivity contribution < 1.29 is 23.1 Å². The second-order valence-electron chi connectivity index (χ2n) is 6.66. The third-order valence-corrected chi connectivity index (χ3v) is 4.46. The van der Waals surface area contributed by atoms with Crippen LogP contribution in [-0.2, 0) is 9.59 Å². The van der Waals surface area contributed by atoms with Crippen LogP contribution in [0.15, 0.2) is 72.3 Å². The lowest BCUT2D eigenvalue weighted by atomic mass is 10.1. The van der Waals surface area contributed by atoms with Crippen molar-refractivity contribution in [3.05, 3.63) is 95.1 Å². The molecule has 0 aliphatic rings. The van der Waals surface area contributed by atoms with E-state index < -0.39 is 23.4 Å². The maximum absolute atomic E-state index is 14.0. The Bertz CT molecular complexity index is 1100. The second kappa shape index (κ2) is 9.67. The van der Waals surface area contributed by atoms with Gasteiger partial charge in [0.15, 0.2) is 0 Å². The van der Waals surface area contributed by atoms with Gasteiger partial charge in [-0.1, -0.05) is 30.3 Å². The molecule has 0 unspecified atom stereocenters. The van der Waals surface area contributed by atoms with E-state index in [1.54, 1.807) is 30.3 Å². The molecule has 2 amide bonds. The number of halogens is 2. The van der Waals surface area contributed by atoms with Crippen LogP contribution in [0.2, 0.25) is 0 Å². The molecule has 3 rings (SSSR count). The van der Waals surface area contributed by atoms with Crippen LogP contribution in [-0.4, -0.2) is 18.9 Å². The van der Waals surface area contributed by atoms with Gasteiger partial charge in [-0.05, 0) is 60.5 Å². The molecule has 158 valence electrons. The van der Waals surface area contributed by atoms with E-state index in [2.05, 4.69) is 10.6 Å². The first-order valence-corrected chi connectivity index (χ1v) is 9.37. The lowest BCUT2D eigenvalue weighted by molar-refractivity contribution is -0.118. The third kappa shape index (κ3) is 5.33. The molecule has 0 aromatic heterocycles. The SMILES string of the molecule is COc1ccc(C=C(C(=O)Nc2ccccc2F)C(=O)Nc2ccccc2F)cc1C. The molecule has 0 heterocycles. The first-order chi connectivity index (χ1) is 14.9. The van der Waals surface area contributed by atoms with E-state index in [0.717, 1.165) is 5.56 Å². The smallest absolute Gasteiger partial charge is 0.261 e. The Morgan fingerprint density at radius 3 is 1.81 bits per heavy atom. The minimum atomic E-state index is -0.840. The van der Waals surface area contributed by atoms with Crippen molar-refractivity contribution in [1.29, 1.82) is 0 Å². The number of carbonyl (C=O) groups excluding carboxylic acids is 2. The van der Waals surface area contributed by atoms with Gasteiger partial charge >= 0.3 is 0 Å². The number of para-hydroxylation sites is 2. The molecular weight excluding hydrogens is 402 g/mol. The van der Waals surface area contributed by atoms with E-state index in [1.165, 1.54) is 49.6 Å². The van der Waals surface area contributed by atoms with E-state index in [-0.39, 0.29) is 16.9 Å². The number of carbonyl (C=O) groups is 2. The summed E-state index contributed by atoms with van der Waals surface area (Å²) in [6, 6.07) is 16.3. The van der Waals surface area contributed by atoms with E-state index in [0.29, 0.717) is 11.3 Å². The van der Waals surface area contributed by atoms with Crippen LogP contribution in [0.3, 0.4) is 0 Å². The molecule has 0 fully saturated rings. The van der Waals surface area contributed by atoms with Crippen LogP contribution in [0.4, 0.5) is 20.2 Å². The Morgan fingerprint density at radius 1 is 0.839 bits per heavy atom. The van der Waals surface area contributed by atoms with Gasteiger partial charge in [0.1, 0.15) is 23.0 Å². The molecular formula is C24H20F2N2O3. The molecule has 0 saturated carbocycles. The van der Waals surface area contributed by atoms with Crippen molar-refractivity contribution in [2.75, 3.05) is 17.7 Å². The van der Waals surface area contributed by atoms with Crippen molar-refractivity contribution in [2.45, 2.75) is 6.92 Å². The molecule has 0 spiro atoms. The molecule has 0 aliphatic heterocycles. The zero-order chi connectivity index (χ0) is 22.4. The Kier molecular flexibility index (Phi) is 6.77.